The summed E-state index contributed by atoms with van der Waals surface area (Å²) < 4.78 is 0. The fourth-order valence-electron chi connectivity index (χ4n) is 4.71. The Hall–Kier alpha value is -3.52. The van der Waals surface area contributed by atoms with Crippen molar-refractivity contribution < 1.29 is 14.4 Å². The maximum absolute atomic E-state index is 12.9. The minimum Gasteiger partial charge on any atom is -0.360 e. The van der Waals surface area contributed by atoms with Crippen LogP contribution in [0.4, 0.5) is 10.5 Å². The molecule has 8 nitrogen and oxygen atoms in total. The maximum atomic E-state index is 12.9. The van der Waals surface area contributed by atoms with E-state index in [-0.39, 0.29) is 29.9 Å². The highest BCUT2D eigenvalue weighted by atomic mass is 35.5. The average molecular weight is 480 g/mol. The van der Waals surface area contributed by atoms with Gasteiger partial charge in [0.25, 0.3) is 11.8 Å². The summed E-state index contributed by atoms with van der Waals surface area (Å²) in [7, 11) is 0. The van der Waals surface area contributed by atoms with Crippen LogP contribution in [0.3, 0.4) is 0 Å². The highest BCUT2D eigenvalue weighted by Gasteiger charge is 2.30. The van der Waals surface area contributed by atoms with Crippen LogP contribution in [0.15, 0.2) is 48.7 Å². The number of carbonyl (C=O) groups is 3. The van der Waals surface area contributed by atoms with Crippen molar-refractivity contribution in [2.75, 3.05) is 18.0 Å². The lowest BCUT2D eigenvalue weighted by Crippen LogP contribution is -2.48. The number of hydrogen-bond acceptors (Lipinski definition) is 3. The second-order valence-electron chi connectivity index (χ2n) is 8.77. The van der Waals surface area contributed by atoms with E-state index in [0.717, 1.165) is 42.3 Å². The number of anilines is 1. The predicted molar refractivity (Wildman–Crippen MR) is 131 cm³/mol. The molecule has 0 radical (unpaired) electrons. The average Bonchev–Trinajstić information content (AvgIpc) is 3.45. The number of aromatic nitrogens is 1. The zero-order valence-corrected chi connectivity index (χ0v) is 19.3. The summed E-state index contributed by atoms with van der Waals surface area (Å²) in [6.45, 7) is 1.34. The molecule has 0 bridgehead atoms. The van der Waals surface area contributed by atoms with Crippen LogP contribution in [-0.4, -0.2) is 48.0 Å². The zero-order valence-electron chi connectivity index (χ0n) is 18.6. The van der Waals surface area contributed by atoms with E-state index in [4.69, 9.17) is 11.6 Å². The van der Waals surface area contributed by atoms with Gasteiger partial charge < -0.3 is 20.9 Å². The highest BCUT2D eigenvalue weighted by Crippen LogP contribution is 2.25. The molecule has 1 saturated carbocycles. The molecule has 2 fully saturated rings. The van der Waals surface area contributed by atoms with E-state index in [1.165, 1.54) is 0 Å². The Morgan fingerprint density at radius 2 is 1.62 bits per heavy atom. The molecule has 2 heterocycles. The fraction of sp³-hybridized carbons (Fsp3) is 0.320. The van der Waals surface area contributed by atoms with Gasteiger partial charge in [-0.25, -0.2) is 4.79 Å². The first-order valence-electron chi connectivity index (χ1n) is 11.5. The summed E-state index contributed by atoms with van der Waals surface area (Å²) in [5, 5.41) is 10.5. The Balaban J connectivity index is 1.21. The first-order valence-corrected chi connectivity index (χ1v) is 11.9. The number of hydrogen-bond donors (Lipinski definition) is 4. The molecule has 0 unspecified atom stereocenters. The van der Waals surface area contributed by atoms with Gasteiger partial charge in [-0.2, -0.15) is 0 Å². The molecule has 1 aliphatic carbocycles. The largest absolute Gasteiger partial charge is 0.360 e. The van der Waals surface area contributed by atoms with Gasteiger partial charge in [-0.15, -0.1) is 0 Å². The molecule has 5 rings (SSSR count). The van der Waals surface area contributed by atoms with Crippen molar-refractivity contribution in [1.82, 2.24) is 20.9 Å². The number of nitrogens with one attached hydrogen (secondary N) is 4. The van der Waals surface area contributed by atoms with E-state index in [9.17, 15) is 14.4 Å². The Labute approximate surface area is 202 Å². The van der Waals surface area contributed by atoms with Gasteiger partial charge in [0.05, 0.1) is 5.02 Å². The number of urea groups is 1. The quantitative estimate of drug-likeness (QED) is 0.447. The summed E-state index contributed by atoms with van der Waals surface area (Å²) in [6.07, 6.45) is 5.11. The maximum Gasteiger partial charge on any atom is 0.321 e. The first kappa shape index (κ1) is 22.3. The van der Waals surface area contributed by atoms with E-state index in [1.807, 2.05) is 6.07 Å². The van der Waals surface area contributed by atoms with E-state index in [1.54, 1.807) is 47.5 Å². The molecular formula is C25H26ClN5O3. The molecule has 0 spiro atoms. The molecule has 1 saturated heterocycles. The van der Waals surface area contributed by atoms with Crippen LogP contribution in [0.25, 0.3) is 10.9 Å². The number of H-pyrrole nitrogens is 1. The highest BCUT2D eigenvalue weighted by molar-refractivity contribution is 6.35. The number of amides is 4. The fourth-order valence-corrected chi connectivity index (χ4v) is 4.93. The topological polar surface area (TPSA) is 106 Å². The Bertz CT molecular complexity index is 1240. The number of benzene rings is 2. The number of fused-ring (bicyclic) bond motifs is 1. The van der Waals surface area contributed by atoms with Gasteiger partial charge in [0.2, 0.25) is 0 Å². The van der Waals surface area contributed by atoms with E-state index in [0.29, 0.717) is 29.2 Å². The summed E-state index contributed by atoms with van der Waals surface area (Å²) in [6, 6.07) is 12.0. The second-order valence-corrected chi connectivity index (χ2v) is 9.18. The molecule has 4 amide bonds. The van der Waals surface area contributed by atoms with E-state index < -0.39 is 0 Å². The Morgan fingerprint density at radius 3 is 2.32 bits per heavy atom. The normalized spacial score (nSPS) is 20.3. The van der Waals surface area contributed by atoms with Crippen LogP contribution in [0.5, 0.6) is 0 Å². The van der Waals surface area contributed by atoms with Gasteiger partial charge in [0.15, 0.2) is 0 Å². The second kappa shape index (κ2) is 9.38. The number of aromatic amines is 1. The SMILES string of the molecule is O=C(N[C@H]1CCC[C@H]1NC(=O)c1ccc2c(Cl)c[nH]c2c1)c1ccc(N2CCCNC2=O)cc1. The van der Waals surface area contributed by atoms with Crippen molar-refractivity contribution in [3.05, 3.63) is 64.8 Å². The molecule has 176 valence electrons. The third kappa shape index (κ3) is 4.46. The minimum atomic E-state index is -0.191. The molecule has 3 aromatic rings. The number of rotatable bonds is 5. The van der Waals surface area contributed by atoms with Crippen LogP contribution < -0.4 is 20.9 Å². The lowest BCUT2D eigenvalue weighted by molar-refractivity contribution is 0.0892. The van der Waals surface area contributed by atoms with Gasteiger partial charge in [-0.1, -0.05) is 17.7 Å². The third-order valence-electron chi connectivity index (χ3n) is 6.56. The Kier molecular flexibility index (Phi) is 6.15. The third-order valence-corrected chi connectivity index (χ3v) is 6.88. The zero-order chi connectivity index (χ0) is 23.7. The summed E-state index contributed by atoms with van der Waals surface area (Å²) in [4.78, 5) is 42.5. The van der Waals surface area contributed by atoms with Gasteiger partial charge in [0.1, 0.15) is 0 Å². The van der Waals surface area contributed by atoms with Gasteiger partial charge >= 0.3 is 6.03 Å². The van der Waals surface area contributed by atoms with Crippen LogP contribution in [0.2, 0.25) is 5.02 Å². The standard InChI is InChI=1S/C25H26ClN5O3/c26-19-14-28-22-13-16(7-10-18(19)22)24(33)30-21-4-1-3-20(21)29-23(32)15-5-8-17(9-6-15)31-12-2-11-27-25(31)34/h5-10,13-14,20-21,28H,1-4,11-12H2,(H,27,34)(H,29,32)(H,30,33)/t20-,21+/m0/s1. The van der Waals surface area contributed by atoms with Crippen LogP contribution >= 0.6 is 11.6 Å². The molecule has 34 heavy (non-hydrogen) atoms. The van der Waals surface area contributed by atoms with Crippen molar-refractivity contribution in [2.24, 2.45) is 0 Å². The lowest BCUT2D eigenvalue weighted by atomic mass is 10.1. The van der Waals surface area contributed by atoms with Crippen LogP contribution in [0.1, 0.15) is 46.4 Å². The van der Waals surface area contributed by atoms with Crippen LogP contribution in [-0.2, 0) is 0 Å². The van der Waals surface area contributed by atoms with E-state index in [2.05, 4.69) is 20.9 Å². The van der Waals surface area contributed by atoms with E-state index >= 15 is 0 Å². The number of nitrogens with zero attached hydrogens (tertiary/aromatic N) is 1. The molecule has 1 aliphatic heterocycles. The van der Waals surface area contributed by atoms with Gasteiger partial charge in [-0.05, 0) is 62.1 Å². The van der Waals surface area contributed by atoms with Gasteiger partial charge in [-0.3, -0.25) is 14.5 Å². The molecule has 9 heteroatoms. The molecule has 2 atom stereocenters. The molecule has 4 N–H and O–H groups in total. The van der Waals surface area contributed by atoms with Crippen molar-refractivity contribution in [3.8, 4) is 0 Å². The van der Waals surface area contributed by atoms with Gasteiger partial charge in [0, 0.05) is 59.1 Å². The predicted octanol–water partition coefficient (Wildman–Crippen LogP) is 3.82. The van der Waals surface area contributed by atoms with Crippen molar-refractivity contribution >= 4 is 46.0 Å². The smallest absolute Gasteiger partial charge is 0.321 e. The Morgan fingerprint density at radius 1 is 0.941 bits per heavy atom. The minimum absolute atomic E-state index is 0.119. The lowest BCUT2D eigenvalue weighted by Gasteiger charge is -2.27. The summed E-state index contributed by atoms with van der Waals surface area (Å²) >= 11 is 6.12. The first-order chi connectivity index (χ1) is 16.5. The monoisotopic (exact) mass is 479 g/mol. The molecule has 2 aliphatic rings. The number of carbonyl (C=O) groups excluding carboxylic acids is 3. The number of halogens is 1. The summed E-state index contributed by atoms with van der Waals surface area (Å²) in [5.41, 5.74) is 2.63. The van der Waals surface area contributed by atoms with Crippen LogP contribution in [0, 0.1) is 0 Å². The summed E-state index contributed by atoms with van der Waals surface area (Å²) in [5.74, 6) is -0.369. The molecule has 1 aromatic heterocycles. The van der Waals surface area contributed by atoms with Crippen molar-refractivity contribution in [1.29, 1.82) is 0 Å². The van der Waals surface area contributed by atoms with Crippen molar-refractivity contribution in [2.45, 2.75) is 37.8 Å². The van der Waals surface area contributed by atoms with Crippen molar-refractivity contribution in [3.63, 3.8) is 0 Å². The molecular weight excluding hydrogens is 454 g/mol. The molecule has 2 aromatic carbocycles.